The van der Waals surface area contributed by atoms with Crippen molar-refractivity contribution in [1.82, 2.24) is 0 Å². The molecular formula is C48H50O13. The maximum atomic E-state index is 13.7. The predicted molar refractivity (Wildman–Crippen MR) is 220 cm³/mol. The van der Waals surface area contributed by atoms with Crippen LogP contribution in [0.15, 0.2) is 127 Å². The Morgan fingerprint density at radius 2 is 1.44 bits per heavy atom. The lowest BCUT2D eigenvalue weighted by Crippen LogP contribution is -2.52. The first kappa shape index (κ1) is 42.2. The second-order valence-electron chi connectivity index (χ2n) is 15.1. The van der Waals surface area contributed by atoms with E-state index in [0.717, 1.165) is 11.1 Å². The molecular weight excluding hydrogens is 785 g/mol. The number of methoxy groups -OCH3 is 4. The average molecular weight is 835 g/mol. The molecule has 3 aliphatic rings. The van der Waals surface area contributed by atoms with Crippen LogP contribution in [0.5, 0.6) is 23.0 Å². The first-order valence-corrected chi connectivity index (χ1v) is 20.1. The van der Waals surface area contributed by atoms with Gasteiger partial charge in [0.2, 0.25) is 6.29 Å². The van der Waals surface area contributed by atoms with E-state index in [1.807, 2.05) is 91.0 Å². The van der Waals surface area contributed by atoms with Crippen LogP contribution >= 0.6 is 0 Å². The molecule has 13 nitrogen and oxygen atoms in total. The van der Waals surface area contributed by atoms with Gasteiger partial charge in [-0.25, -0.2) is 0 Å². The molecule has 2 N–H and O–H groups in total. The number of fused-ring (bicyclic) bond motifs is 3. The van der Waals surface area contributed by atoms with E-state index in [2.05, 4.69) is 0 Å². The van der Waals surface area contributed by atoms with Crippen molar-refractivity contribution in [2.75, 3.05) is 41.7 Å². The summed E-state index contributed by atoms with van der Waals surface area (Å²) >= 11 is 0. The molecule has 0 radical (unpaired) electrons. The van der Waals surface area contributed by atoms with Crippen molar-refractivity contribution < 1.29 is 62.4 Å². The van der Waals surface area contributed by atoms with E-state index < -0.39 is 59.9 Å². The Labute approximate surface area is 354 Å². The van der Waals surface area contributed by atoms with E-state index in [0.29, 0.717) is 30.1 Å². The van der Waals surface area contributed by atoms with Gasteiger partial charge in [-0.15, -0.1) is 0 Å². The molecule has 0 unspecified atom stereocenters. The standard InChI is InChI=1S/C48H50O13/c1-52-34-22-20-33(21-23-34)48-41(32-18-12-7-13-19-32)40(44(50)54-3)43(49)47(48,51)42-36(53-2)24-35(25-37(42)61-48)59-46-45(55-4)58-29-39(60-46)38(57-27-31-16-10-6-11-17-31)28-56-26-30-14-8-5-9-15-30/h5-25,38-41,43,45-46,49,51H,26-29H2,1-4H3/t38-,39-,40-,41-,43-,45-,46-,47+,48+/m1/s1. The summed E-state index contributed by atoms with van der Waals surface area (Å²) in [4.78, 5) is 13.7. The van der Waals surface area contributed by atoms with Crippen LogP contribution < -0.4 is 18.9 Å². The molecule has 2 fully saturated rings. The molecule has 320 valence electrons. The molecule has 2 aliphatic heterocycles. The molecule has 0 amide bonds. The summed E-state index contributed by atoms with van der Waals surface area (Å²) in [5.41, 5.74) is -0.816. The zero-order valence-corrected chi connectivity index (χ0v) is 34.4. The monoisotopic (exact) mass is 834 g/mol. The van der Waals surface area contributed by atoms with Gasteiger partial charge in [0.1, 0.15) is 41.3 Å². The molecule has 1 saturated carbocycles. The Balaban J connectivity index is 1.14. The maximum Gasteiger partial charge on any atom is 0.312 e. The third-order valence-corrected chi connectivity index (χ3v) is 11.7. The number of aliphatic hydroxyl groups is 2. The van der Waals surface area contributed by atoms with Crippen LogP contribution in [0.1, 0.15) is 33.7 Å². The summed E-state index contributed by atoms with van der Waals surface area (Å²) in [6.07, 6.45) is -4.99. The minimum absolute atomic E-state index is 0.126. The van der Waals surface area contributed by atoms with Crippen molar-refractivity contribution in [2.24, 2.45) is 5.92 Å². The van der Waals surface area contributed by atoms with Gasteiger partial charge >= 0.3 is 5.97 Å². The zero-order chi connectivity index (χ0) is 42.6. The van der Waals surface area contributed by atoms with Crippen LogP contribution in [0.3, 0.4) is 0 Å². The van der Waals surface area contributed by atoms with Gasteiger partial charge in [0.25, 0.3) is 6.29 Å². The highest BCUT2D eigenvalue weighted by Crippen LogP contribution is 2.70. The van der Waals surface area contributed by atoms with Crippen molar-refractivity contribution in [1.29, 1.82) is 0 Å². The molecule has 0 aromatic heterocycles. The van der Waals surface area contributed by atoms with Crippen LogP contribution in [0.2, 0.25) is 0 Å². The van der Waals surface area contributed by atoms with Gasteiger partial charge in [0.05, 0.1) is 59.2 Å². The third kappa shape index (κ3) is 7.83. The first-order valence-electron chi connectivity index (χ1n) is 20.1. The Morgan fingerprint density at radius 3 is 2.07 bits per heavy atom. The molecule has 0 bridgehead atoms. The highest BCUT2D eigenvalue weighted by atomic mass is 16.8. The van der Waals surface area contributed by atoms with E-state index in [1.54, 1.807) is 43.5 Å². The van der Waals surface area contributed by atoms with Crippen LogP contribution in [0.25, 0.3) is 0 Å². The average Bonchev–Trinajstić information content (AvgIpc) is 3.69. The fraction of sp³-hybridized carbons (Fsp3) is 0.354. The lowest BCUT2D eigenvalue weighted by molar-refractivity contribution is -0.327. The van der Waals surface area contributed by atoms with Crippen molar-refractivity contribution >= 4 is 5.97 Å². The quantitative estimate of drug-likeness (QED) is 0.112. The number of benzene rings is 5. The number of rotatable bonds is 16. The van der Waals surface area contributed by atoms with Crippen LogP contribution in [0, 0.1) is 5.92 Å². The number of hydrogen-bond acceptors (Lipinski definition) is 13. The number of esters is 1. The lowest BCUT2D eigenvalue weighted by atomic mass is 9.70. The van der Waals surface area contributed by atoms with Gasteiger partial charge in [-0.2, -0.15) is 0 Å². The summed E-state index contributed by atoms with van der Waals surface area (Å²) < 4.78 is 61.2. The first-order chi connectivity index (χ1) is 29.7. The molecule has 13 heteroatoms. The summed E-state index contributed by atoms with van der Waals surface area (Å²) in [6.45, 7) is 1.01. The fourth-order valence-corrected chi connectivity index (χ4v) is 8.89. The molecule has 0 spiro atoms. The second kappa shape index (κ2) is 18.2. The van der Waals surface area contributed by atoms with Crippen LogP contribution in [-0.2, 0) is 57.6 Å². The summed E-state index contributed by atoms with van der Waals surface area (Å²) in [7, 11) is 5.72. The summed E-state index contributed by atoms with van der Waals surface area (Å²) in [5, 5.41) is 25.6. The third-order valence-electron chi connectivity index (χ3n) is 11.7. The van der Waals surface area contributed by atoms with Gasteiger partial charge in [-0.3, -0.25) is 4.79 Å². The predicted octanol–water partition coefficient (Wildman–Crippen LogP) is 6.02. The SMILES string of the molecule is COC(=O)[C@H]1[C@@H](O)[C@@]2(O)c3c(OC)cc(O[C@@H]4O[C@@H]([C@@H](COCc5ccccc5)OCc5ccccc5)CO[C@H]4OC)cc3O[C@@]2(c2ccc(OC)cc2)[C@@H]1c1ccccc1. The topological polar surface area (TPSA) is 150 Å². The lowest BCUT2D eigenvalue weighted by Gasteiger charge is -2.40. The normalized spacial score (nSPS) is 27.0. The smallest absolute Gasteiger partial charge is 0.312 e. The molecule has 5 aromatic rings. The van der Waals surface area contributed by atoms with Crippen molar-refractivity contribution in [3.05, 3.63) is 155 Å². The van der Waals surface area contributed by atoms with E-state index in [9.17, 15) is 15.0 Å². The van der Waals surface area contributed by atoms with Gasteiger partial charge in [-0.1, -0.05) is 103 Å². The Hall–Kier alpha value is -5.51. The number of ether oxygens (including phenoxy) is 10. The number of carbonyl (C=O) groups is 1. The van der Waals surface area contributed by atoms with Crippen molar-refractivity contribution in [2.45, 2.75) is 61.2 Å². The fourth-order valence-electron chi connectivity index (χ4n) is 8.89. The largest absolute Gasteiger partial charge is 0.497 e. The summed E-state index contributed by atoms with van der Waals surface area (Å²) in [5.74, 6) is -1.87. The molecule has 8 rings (SSSR count). The molecule has 1 aliphatic carbocycles. The molecule has 5 aromatic carbocycles. The number of carbonyl (C=O) groups excluding carboxylic acids is 1. The minimum Gasteiger partial charge on any atom is -0.497 e. The van der Waals surface area contributed by atoms with E-state index >= 15 is 0 Å². The molecule has 9 atom stereocenters. The van der Waals surface area contributed by atoms with Crippen molar-refractivity contribution in [3.8, 4) is 23.0 Å². The number of hydrogen-bond donors (Lipinski definition) is 2. The van der Waals surface area contributed by atoms with Gasteiger partial charge in [-0.05, 0) is 34.4 Å². The minimum atomic E-state index is -2.26. The second-order valence-corrected chi connectivity index (χ2v) is 15.1. The van der Waals surface area contributed by atoms with Gasteiger partial charge < -0.3 is 57.6 Å². The zero-order valence-electron chi connectivity index (χ0n) is 34.4. The Morgan fingerprint density at radius 1 is 0.787 bits per heavy atom. The molecule has 1 saturated heterocycles. The molecule has 61 heavy (non-hydrogen) atoms. The highest BCUT2D eigenvalue weighted by Gasteiger charge is 2.78. The van der Waals surface area contributed by atoms with Crippen LogP contribution in [0.4, 0.5) is 0 Å². The van der Waals surface area contributed by atoms with Gasteiger partial charge in [0.15, 0.2) is 11.2 Å². The Kier molecular flexibility index (Phi) is 12.6. The Bertz CT molecular complexity index is 2220. The van der Waals surface area contributed by atoms with Gasteiger partial charge in [0, 0.05) is 25.2 Å². The highest BCUT2D eigenvalue weighted by molar-refractivity contribution is 5.78. The molecule has 2 heterocycles. The van der Waals surface area contributed by atoms with E-state index in [-0.39, 0.29) is 36.0 Å². The van der Waals surface area contributed by atoms with E-state index in [4.69, 9.17) is 47.4 Å². The number of aliphatic hydroxyl groups excluding tert-OH is 1. The summed E-state index contributed by atoms with van der Waals surface area (Å²) in [6, 6.07) is 38.9. The van der Waals surface area contributed by atoms with E-state index in [1.165, 1.54) is 21.3 Å². The van der Waals surface area contributed by atoms with Crippen LogP contribution in [-0.4, -0.2) is 88.7 Å². The van der Waals surface area contributed by atoms with Crippen molar-refractivity contribution in [3.63, 3.8) is 0 Å². The maximum absolute atomic E-state index is 13.7.